The lowest BCUT2D eigenvalue weighted by Gasteiger charge is -2.44. The summed E-state index contributed by atoms with van der Waals surface area (Å²) in [5, 5.41) is 5.71. The lowest BCUT2D eigenvalue weighted by atomic mass is 9.83. The minimum atomic E-state index is 0.123. The van der Waals surface area contributed by atoms with Gasteiger partial charge in [-0.2, -0.15) is 0 Å². The number of halogens is 1. The Morgan fingerprint density at radius 1 is 1.35 bits per heavy atom. The summed E-state index contributed by atoms with van der Waals surface area (Å²) < 4.78 is 7.61. The predicted octanol–water partition coefficient (Wildman–Crippen LogP) is 3.87. The minimum absolute atomic E-state index is 0.123. The fraction of sp³-hybridized carbons (Fsp3) is 0.692. The highest BCUT2D eigenvalue weighted by Gasteiger charge is 2.38. The number of hydrogen-bond donors (Lipinski definition) is 1. The van der Waals surface area contributed by atoms with Gasteiger partial charge in [0.2, 0.25) is 0 Å². The SMILES string of the molecule is Brc1csc(C2CNCC3(CCCCC3)O2)c1. The fourth-order valence-corrected chi connectivity index (χ4v) is 4.44. The number of ether oxygens (including phenoxy) is 1. The van der Waals surface area contributed by atoms with E-state index in [2.05, 4.69) is 32.7 Å². The molecule has 1 N–H and O–H groups in total. The van der Waals surface area contributed by atoms with Crippen LogP contribution in [0.25, 0.3) is 0 Å². The zero-order valence-electron chi connectivity index (χ0n) is 9.88. The average Bonchev–Trinajstić information content (AvgIpc) is 2.77. The van der Waals surface area contributed by atoms with E-state index in [-0.39, 0.29) is 11.7 Å². The van der Waals surface area contributed by atoms with Gasteiger partial charge in [0.15, 0.2) is 0 Å². The van der Waals surface area contributed by atoms with E-state index in [4.69, 9.17) is 4.74 Å². The molecule has 94 valence electrons. The standard InChI is InChI=1S/C13H18BrNOS/c14-10-6-12(17-8-10)11-7-15-9-13(16-11)4-2-1-3-5-13/h6,8,11,15H,1-5,7,9H2. The van der Waals surface area contributed by atoms with E-state index in [1.807, 2.05) is 0 Å². The van der Waals surface area contributed by atoms with Crippen LogP contribution < -0.4 is 5.32 Å². The zero-order chi connectivity index (χ0) is 11.7. The molecule has 0 aromatic carbocycles. The van der Waals surface area contributed by atoms with Gasteiger partial charge in [0.05, 0.1) is 5.60 Å². The Labute approximate surface area is 115 Å². The van der Waals surface area contributed by atoms with E-state index in [1.165, 1.54) is 41.5 Å². The molecule has 2 heterocycles. The van der Waals surface area contributed by atoms with Gasteiger partial charge in [-0.15, -0.1) is 11.3 Å². The highest BCUT2D eigenvalue weighted by Crippen LogP contribution is 2.39. The van der Waals surface area contributed by atoms with Crippen molar-refractivity contribution in [2.45, 2.75) is 43.8 Å². The van der Waals surface area contributed by atoms with Crippen LogP contribution in [-0.4, -0.2) is 18.7 Å². The first-order valence-electron chi connectivity index (χ1n) is 6.40. The van der Waals surface area contributed by atoms with Gasteiger partial charge in [-0.25, -0.2) is 0 Å². The van der Waals surface area contributed by atoms with Crippen LogP contribution in [0.3, 0.4) is 0 Å². The molecule has 3 rings (SSSR count). The van der Waals surface area contributed by atoms with Crippen LogP contribution >= 0.6 is 27.3 Å². The number of nitrogens with one attached hydrogen (secondary N) is 1. The summed E-state index contributed by atoms with van der Waals surface area (Å²) in [6.45, 7) is 1.99. The van der Waals surface area contributed by atoms with Gasteiger partial charge < -0.3 is 10.1 Å². The molecule has 1 unspecified atom stereocenters. The first-order chi connectivity index (χ1) is 8.27. The Kier molecular flexibility index (Phi) is 3.57. The molecular formula is C13H18BrNOS. The monoisotopic (exact) mass is 315 g/mol. The van der Waals surface area contributed by atoms with Gasteiger partial charge in [0, 0.05) is 27.8 Å². The molecule has 1 spiro atoms. The van der Waals surface area contributed by atoms with E-state index >= 15 is 0 Å². The maximum Gasteiger partial charge on any atom is 0.105 e. The smallest absolute Gasteiger partial charge is 0.105 e. The predicted molar refractivity (Wildman–Crippen MR) is 74.5 cm³/mol. The van der Waals surface area contributed by atoms with Crippen LogP contribution in [0.15, 0.2) is 15.9 Å². The van der Waals surface area contributed by atoms with Crippen LogP contribution in [0.1, 0.15) is 43.1 Å². The van der Waals surface area contributed by atoms with E-state index in [0.717, 1.165) is 13.1 Å². The molecule has 0 bridgehead atoms. The molecule has 1 aromatic heterocycles. The van der Waals surface area contributed by atoms with Gasteiger partial charge >= 0.3 is 0 Å². The molecule has 0 radical (unpaired) electrons. The summed E-state index contributed by atoms with van der Waals surface area (Å²) in [5.41, 5.74) is 0.123. The quantitative estimate of drug-likeness (QED) is 0.849. The fourth-order valence-electron chi connectivity index (χ4n) is 2.96. The van der Waals surface area contributed by atoms with Crippen molar-refractivity contribution in [2.24, 2.45) is 0 Å². The number of thiophene rings is 1. The van der Waals surface area contributed by atoms with Gasteiger partial charge in [0.25, 0.3) is 0 Å². The van der Waals surface area contributed by atoms with E-state index in [9.17, 15) is 0 Å². The summed E-state index contributed by atoms with van der Waals surface area (Å²) in [4.78, 5) is 1.34. The molecular weight excluding hydrogens is 298 g/mol. The first-order valence-corrected chi connectivity index (χ1v) is 8.07. The van der Waals surface area contributed by atoms with Crippen molar-refractivity contribution in [3.63, 3.8) is 0 Å². The Hall–Kier alpha value is 0.1000. The Morgan fingerprint density at radius 3 is 2.88 bits per heavy atom. The van der Waals surface area contributed by atoms with E-state index < -0.39 is 0 Å². The third-order valence-electron chi connectivity index (χ3n) is 3.84. The molecule has 2 nitrogen and oxygen atoms in total. The average molecular weight is 316 g/mol. The topological polar surface area (TPSA) is 21.3 Å². The van der Waals surface area contributed by atoms with E-state index in [1.54, 1.807) is 11.3 Å². The molecule has 1 saturated heterocycles. The Bertz CT molecular complexity index is 381. The largest absolute Gasteiger partial charge is 0.364 e. The van der Waals surface area contributed by atoms with Crippen molar-refractivity contribution in [3.8, 4) is 0 Å². The molecule has 0 amide bonds. The first kappa shape index (κ1) is 12.2. The third kappa shape index (κ3) is 2.60. The lowest BCUT2D eigenvalue weighted by Crippen LogP contribution is -2.51. The second kappa shape index (κ2) is 5.00. The molecule has 1 aliphatic heterocycles. The molecule has 4 heteroatoms. The van der Waals surface area contributed by atoms with Crippen LogP contribution in [0.5, 0.6) is 0 Å². The number of rotatable bonds is 1. The van der Waals surface area contributed by atoms with Crippen molar-refractivity contribution < 1.29 is 4.74 Å². The van der Waals surface area contributed by atoms with E-state index in [0.29, 0.717) is 0 Å². The van der Waals surface area contributed by atoms with Crippen molar-refractivity contribution >= 4 is 27.3 Å². The Morgan fingerprint density at radius 2 is 2.18 bits per heavy atom. The third-order valence-corrected chi connectivity index (χ3v) is 5.62. The van der Waals surface area contributed by atoms with Crippen LogP contribution in [0, 0.1) is 0 Å². The normalized spacial score (nSPS) is 28.4. The molecule has 17 heavy (non-hydrogen) atoms. The van der Waals surface area contributed by atoms with Crippen molar-refractivity contribution in [2.75, 3.05) is 13.1 Å². The molecule has 2 fully saturated rings. The van der Waals surface area contributed by atoms with Crippen LogP contribution in [-0.2, 0) is 4.74 Å². The summed E-state index contributed by atoms with van der Waals surface area (Å²) in [6, 6.07) is 2.19. The summed E-state index contributed by atoms with van der Waals surface area (Å²) in [6.07, 6.45) is 6.72. The highest BCUT2D eigenvalue weighted by molar-refractivity contribution is 9.10. The Balaban J connectivity index is 1.74. The van der Waals surface area contributed by atoms with Crippen molar-refractivity contribution in [3.05, 3.63) is 20.8 Å². The van der Waals surface area contributed by atoms with Crippen molar-refractivity contribution in [1.29, 1.82) is 0 Å². The van der Waals surface area contributed by atoms with Gasteiger partial charge in [-0.05, 0) is 34.8 Å². The second-order valence-corrected chi connectivity index (χ2v) is 7.01. The number of morpholine rings is 1. The van der Waals surface area contributed by atoms with Crippen LogP contribution in [0.2, 0.25) is 0 Å². The number of hydrogen-bond acceptors (Lipinski definition) is 3. The summed E-state index contributed by atoms with van der Waals surface area (Å²) >= 11 is 5.31. The van der Waals surface area contributed by atoms with Gasteiger partial charge in [-0.3, -0.25) is 0 Å². The van der Waals surface area contributed by atoms with Crippen LogP contribution in [0.4, 0.5) is 0 Å². The highest BCUT2D eigenvalue weighted by atomic mass is 79.9. The molecule has 1 saturated carbocycles. The molecule has 2 aliphatic rings. The lowest BCUT2D eigenvalue weighted by molar-refractivity contribution is -0.134. The maximum atomic E-state index is 6.44. The maximum absolute atomic E-state index is 6.44. The van der Waals surface area contributed by atoms with Gasteiger partial charge in [0.1, 0.15) is 6.10 Å². The summed E-state index contributed by atoms with van der Waals surface area (Å²) in [7, 11) is 0. The van der Waals surface area contributed by atoms with Gasteiger partial charge in [-0.1, -0.05) is 19.3 Å². The summed E-state index contributed by atoms with van der Waals surface area (Å²) in [5.74, 6) is 0. The second-order valence-electron chi connectivity index (χ2n) is 5.15. The molecule has 1 atom stereocenters. The van der Waals surface area contributed by atoms with Crippen molar-refractivity contribution in [1.82, 2.24) is 5.32 Å². The minimum Gasteiger partial charge on any atom is -0.364 e. The molecule has 1 aliphatic carbocycles. The molecule has 1 aromatic rings. The zero-order valence-corrected chi connectivity index (χ0v) is 12.3.